The maximum absolute atomic E-state index is 12.6. The number of ether oxygens (including phenoxy) is 1. The van der Waals surface area contributed by atoms with E-state index in [1.54, 1.807) is 30.3 Å². The first kappa shape index (κ1) is 24.0. The number of benzene rings is 3. The third kappa shape index (κ3) is 5.97. The highest BCUT2D eigenvalue weighted by atomic mass is 32.2. The Labute approximate surface area is 193 Å². The van der Waals surface area contributed by atoms with Gasteiger partial charge in [0, 0.05) is 23.4 Å². The fourth-order valence-corrected chi connectivity index (χ4v) is 4.01. The van der Waals surface area contributed by atoms with Crippen LogP contribution in [0, 0.1) is 6.92 Å². The minimum Gasteiger partial charge on any atom is -0.495 e. The van der Waals surface area contributed by atoms with Crippen molar-refractivity contribution < 1.29 is 22.7 Å². The van der Waals surface area contributed by atoms with E-state index in [1.165, 1.54) is 32.4 Å². The third-order valence-corrected chi connectivity index (χ3v) is 6.37. The maximum atomic E-state index is 12.6. The molecule has 172 valence electrons. The maximum Gasteiger partial charge on any atom is 0.255 e. The van der Waals surface area contributed by atoms with E-state index in [0.717, 1.165) is 11.1 Å². The molecule has 8 nitrogen and oxygen atoms in total. The molecule has 0 aliphatic rings. The molecule has 3 aromatic rings. The quantitative estimate of drug-likeness (QED) is 0.471. The Morgan fingerprint density at radius 3 is 2.27 bits per heavy atom. The molecule has 0 heterocycles. The third-order valence-electron chi connectivity index (χ3n) is 4.94. The second-order valence-corrected chi connectivity index (χ2v) is 9.13. The molecule has 0 saturated heterocycles. The van der Waals surface area contributed by atoms with Gasteiger partial charge >= 0.3 is 0 Å². The summed E-state index contributed by atoms with van der Waals surface area (Å²) < 4.78 is 31.8. The number of hydrogen-bond donors (Lipinski definition) is 3. The van der Waals surface area contributed by atoms with Crippen LogP contribution in [-0.4, -0.2) is 34.4 Å². The number of methoxy groups -OCH3 is 1. The Bertz CT molecular complexity index is 1270. The van der Waals surface area contributed by atoms with Crippen LogP contribution in [0.5, 0.6) is 5.75 Å². The van der Waals surface area contributed by atoms with Gasteiger partial charge in [-0.3, -0.25) is 9.59 Å². The number of nitrogens with one attached hydrogen (secondary N) is 3. The summed E-state index contributed by atoms with van der Waals surface area (Å²) in [5.41, 5.74) is 3.15. The van der Waals surface area contributed by atoms with Gasteiger partial charge < -0.3 is 15.4 Å². The van der Waals surface area contributed by atoms with E-state index in [1.807, 2.05) is 25.1 Å². The summed E-state index contributed by atoms with van der Waals surface area (Å²) in [6.07, 6.45) is 0. The molecule has 33 heavy (non-hydrogen) atoms. The van der Waals surface area contributed by atoms with Crippen molar-refractivity contribution in [2.45, 2.75) is 18.4 Å². The zero-order valence-corrected chi connectivity index (χ0v) is 19.3. The molecule has 2 amide bonds. The largest absolute Gasteiger partial charge is 0.495 e. The molecule has 0 radical (unpaired) electrons. The molecule has 0 saturated carbocycles. The molecule has 0 spiro atoms. The van der Waals surface area contributed by atoms with Crippen LogP contribution >= 0.6 is 0 Å². The van der Waals surface area contributed by atoms with Crippen LogP contribution < -0.4 is 20.1 Å². The highest BCUT2D eigenvalue weighted by molar-refractivity contribution is 7.89. The van der Waals surface area contributed by atoms with Crippen LogP contribution in [0.4, 0.5) is 5.69 Å². The zero-order valence-electron chi connectivity index (χ0n) is 18.5. The van der Waals surface area contributed by atoms with Crippen molar-refractivity contribution in [1.82, 2.24) is 10.0 Å². The molecule has 3 rings (SSSR count). The zero-order chi connectivity index (χ0) is 24.0. The van der Waals surface area contributed by atoms with Gasteiger partial charge in [-0.05, 0) is 62.0 Å². The van der Waals surface area contributed by atoms with Gasteiger partial charge in [-0.2, -0.15) is 0 Å². The molecular formula is C24H25N3O5S. The van der Waals surface area contributed by atoms with E-state index < -0.39 is 15.9 Å². The second-order valence-electron chi connectivity index (χ2n) is 7.28. The molecule has 0 aliphatic carbocycles. The molecule has 0 aliphatic heterocycles. The van der Waals surface area contributed by atoms with Crippen molar-refractivity contribution in [2.75, 3.05) is 19.5 Å². The van der Waals surface area contributed by atoms with Gasteiger partial charge in [0.1, 0.15) is 10.6 Å². The summed E-state index contributed by atoms with van der Waals surface area (Å²) in [5, 5.41) is 5.60. The van der Waals surface area contributed by atoms with Gasteiger partial charge in [-0.25, -0.2) is 13.1 Å². The van der Waals surface area contributed by atoms with E-state index in [0.29, 0.717) is 11.3 Å². The van der Waals surface area contributed by atoms with E-state index in [2.05, 4.69) is 15.4 Å². The molecule has 0 aromatic heterocycles. The van der Waals surface area contributed by atoms with E-state index in [9.17, 15) is 18.0 Å². The van der Waals surface area contributed by atoms with Gasteiger partial charge in [-0.15, -0.1) is 0 Å². The molecule has 0 atom stereocenters. The number of sulfonamides is 1. The van der Waals surface area contributed by atoms with Crippen LogP contribution in [-0.2, 0) is 16.6 Å². The van der Waals surface area contributed by atoms with Crippen molar-refractivity contribution >= 4 is 27.5 Å². The Balaban J connectivity index is 1.69. The first-order valence-corrected chi connectivity index (χ1v) is 11.6. The molecule has 3 N–H and O–H groups in total. The molecule has 3 aromatic carbocycles. The smallest absolute Gasteiger partial charge is 0.255 e. The number of aryl methyl sites for hydroxylation is 1. The van der Waals surface area contributed by atoms with E-state index >= 15 is 0 Å². The fourth-order valence-electron chi connectivity index (χ4n) is 3.09. The van der Waals surface area contributed by atoms with Crippen molar-refractivity contribution in [2.24, 2.45) is 0 Å². The van der Waals surface area contributed by atoms with Gasteiger partial charge in [0.2, 0.25) is 10.0 Å². The minimum absolute atomic E-state index is 0.124. The standard InChI is InChI=1S/C24H25N3O5S/c1-16-7-9-18(10-8-16)24(29)27-20-6-4-5-17(13-20)15-26-23(28)19-11-12-21(32-3)22(14-19)33(30,31)25-2/h4-14,25H,15H2,1-3H3,(H,26,28)(H,27,29). The van der Waals surface area contributed by atoms with Crippen molar-refractivity contribution in [3.05, 3.63) is 89.0 Å². The first-order valence-electron chi connectivity index (χ1n) is 10.1. The van der Waals surface area contributed by atoms with Gasteiger partial charge in [0.05, 0.1) is 7.11 Å². The van der Waals surface area contributed by atoms with Crippen molar-refractivity contribution in [3.8, 4) is 5.75 Å². The number of rotatable bonds is 8. The normalized spacial score (nSPS) is 11.0. The summed E-state index contributed by atoms with van der Waals surface area (Å²) in [6.45, 7) is 2.14. The SMILES string of the molecule is CNS(=O)(=O)c1cc(C(=O)NCc2cccc(NC(=O)c3ccc(C)cc3)c2)ccc1OC. The lowest BCUT2D eigenvalue weighted by Gasteiger charge is -2.12. The highest BCUT2D eigenvalue weighted by Crippen LogP contribution is 2.24. The van der Waals surface area contributed by atoms with Crippen LogP contribution in [0.15, 0.2) is 71.6 Å². The van der Waals surface area contributed by atoms with Crippen LogP contribution in [0.25, 0.3) is 0 Å². The number of hydrogen-bond acceptors (Lipinski definition) is 5. The molecule has 0 fully saturated rings. The molecular weight excluding hydrogens is 442 g/mol. The summed E-state index contributed by atoms with van der Waals surface area (Å²) >= 11 is 0. The second kappa shape index (κ2) is 10.3. The molecule has 0 unspecified atom stereocenters. The number of carbonyl (C=O) groups is 2. The Morgan fingerprint density at radius 1 is 0.909 bits per heavy atom. The predicted octanol–water partition coefficient (Wildman–Crippen LogP) is 3.09. The minimum atomic E-state index is -3.80. The summed E-state index contributed by atoms with van der Waals surface area (Å²) in [7, 11) is -1.16. The van der Waals surface area contributed by atoms with Crippen LogP contribution in [0.1, 0.15) is 31.8 Å². The van der Waals surface area contributed by atoms with E-state index in [4.69, 9.17) is 4.74 Å². The summed E-state index contributed by atoms with van der Waals surface area (Å²) in [5.74, 6) is -0.537. The molecule has 0 bridgehead atoms. The van der Waals surface area contributed by atoms with Crippen molar-refractivity contribution in [1.29, 1.82) is 0 Å². The topological polar surface area (TPSA) is 114 Å². The van der Waals surface area contributed by atoms with Gasteiger partial charge in [0.15, 0.2) is 0 Å². The van der Waals surface area contributed by atoms with Gasteiger partial charge in [0.25, 0.3) is 11.8 Å². The van der Waals surface area contributed by atoms with E-state index in [-0.39, 0.29) is 28.7 Å². The Morgan fingerprint density at radius 2 is 1.61 bits per heavy atom. The average molecular weight is 468 g/mol. The lowest BCUT2D eigenvalue weighted by molar-refractivity contribution is 0.0949. The van der Waals surface area contributed by atoms with Gasteiger partial charge in [-0.1, -0.05) is 29.8 Å². The fraction of sp³-hybridized carbons (Fsp3) is 0.167. The average Bonchev–Trinajstić information content (AvgIpc) is 2.82. The summed E-state index contributed by atoms with van der Waals surface area (Å²) in [4.78, 5) is 24.9. The lowest BCUT2D eigenvalue weighted by Crippen LogP contribution is -2.24. The Kier molecular flexibility index (Phi) is 7.47. The predicted molar refractivity (Wildman–Crippen MR) is 126 cm³/mol. The lowest BCUT2D eigenvalue weighted by atomic mass is 10.1. The monoisotopic (exact) mass is 467 g/mol. The number of anilines is 1. The first-order chi connectivity index (χ1) is 15.7. The summed E-state index contributed by atoms with van der Waals surface area (Å²) in [6, 6.07) is 18.5. The Hall–Kier alpha value is -3.69. The number of amides is 2. The van der Waals surface area contributed by atoms with Crippen molar-refractivity contribution in [3.63, 3.8) is 0 Å². The highest BCUT2D eigenvalue weighted by Gasteiger charge is 2.20. The molecule has 9 heteroatoms. The van der Waals surface area contributed by atoms with Crippen LogP contribution in [0.2, 0.25) is 0 Å². The number of carbonyl (C=O) groups excluding carboxylic acids is 2. The van der Waals surface area contributed by atoms with Crippen LogP contribution in [0.3, 0.4) is 0 Å².